The molecular formula is C37H60BrN5O8Si. The number of nitrogens with two attached hydrogens (primary N) is 1. The zero-order chi connectivity index (χ0) is 37.8. The molecule has 0 unspecified atom stereocenters. The summed E-state index contributed by atoms with van der Waals surface area (Å²) in [5, 5.41) is 20.3. The molecule has 0 radical (unpaired) electrons. The number of halogens is 1. The Morgan fingerprint density at radius 2 is 1.54 bits per heavy atom. The molecule has 2 heterocycles. The van der Waals surface area contributed by atoms with Crippen molar-refractivity contribution in [3.63, 3.8) is 0 Å². The number of unbranched alkanes of at least 4 members (excludes halogenated alkanes) is 12. The number of carbonyl (C=O) groups excluding carboxylic acids is 1. The minimum absolute atomic E-state index is 0.0151. The maximum Gasteiger partial charge on any atom is 0.500 e. The van der Waals surface area contributed by atoms with Crippen LogP contribution in [0.4, 0.5) is 0 Å². The fraction of sp³-hybridized carbons (Fsp3) is 0.676. The summed E-state index contributed by atoms with van der Waals surface area (Å²) in [7, 11) is 4.46. The number of esters is 1. The summed E-state index contributed by atoms with van der Waals surface area (Å²) in [4.78, 5) is 27.0. The Morgan fingerprint density at radius 1 is 0.923 bits per heavy atom. The molecule has 3 rings (SSSR count). The molecule has 3 aromatic rings. The van der Waals surface area contributed by atoms with Crippen molar-refractivity contribution < 1.29 is 32.3 Å². The number of hydrogen-bond donors (Lipinski definition) is 2. The smallest absolute Gasteiger partial charge is 0.500 e. The number of aromatic hydroxyl groups is 1. The Hall–Kier alpha value is -2.66. The third kappa shape index (κ3) is 14.6. The van der Waals surface area contributed by atoms with Crippen molar-refractivity contribution in [2.75, 3.05) is 34.9 Å². The molecule has 0 atom stereocenters. The van der Waals surface area contributed by atoms with Gasteiger partial charge in [-0.1, -0.05) is 69.4 Å². The molecule has 2 aromatic heterocycles. The number of ether oxygens (including phenoxy) is 1. The minimum Gasteiger partial charge on any atom is -0.506 e. The average Bonchev–Trinajstić information content (AvgIpc) is 3.58. The summed E-state index contributed by atoms with van der Waals surface area (Å²) in [5.41, 5.74) is 6.99. The second kappa shape index (κ2) is 23.9. The Bertz CT molecular complexity index is 1540. The molecule has 13 nitrogen and oxygen atoms in total. The zero-order valence-corrected chi connectivity index (χ0v) is 34.2. The van der Waals surface area contributed by atoms with Crippen molar-refractivity contribution >= 4 is 41.7 Å². The number of hydrogen-bond acceptors (Lipinski definition) is 12. The molecule has 0 fully saturated rings. The first-order valence-corrected chi connectivity index (χ1v) is 21.4. The van der Waals surface area contributed by atoms with Gasteiger partial charge in [-0.05, 0) is 61.3 Å². The predicted molar refractivity (Wildman–Crippen MR) is 207 cm³/mol. The highest BCUT2D eigenvalue weighted by Gasteiger charge is 2.36. The van der Waals surface area contributed by atoms with Crippen molar-refractivity contribution in [3.8, 4) is 5.75 Å². The number of aryl methyl sites for hydroxylation is 1. The van der Waals surface area contributed by atoms with Gasteiger partial charge in [0, 0.05) is 76.6 Å². The Morgan fingerprint density at radius 3 is 2.19 bits per heavy atom. The van der Waals surface area contributed by atoms with Crippen LogP contribution < -0.4 is 11.4 Å². The van der Waals surface area contributed by atoms with Gasteiger partial charge in [0.05, 0.1) is 15.7 Å². The van der Waals surface area contributed by atoms with Gasteiger partial charge in [0.1, 0.15) is 17.9 Å². The van der Waals surface area contributed by atoms with E-state index >= 15 is 0 Å². The number of benzene rings is 1. The lowest BCUT2D eigenvalue weighted by atomic mass is 10.0. The van der Waals surface area contributed by atoms with Crippen molar-refractivity contribution in [2.45, 2.75) is 129 Å². The van der Waals surface area contributed by atoms with Crippen LogP contribution in [0.15, 0.2) is 32.0 Å². The van der Waals surface area contributed by atoms with Crippen LogP contribution >= 0.6 is 15.9 Å². The van der Waals surface area contributed by atoms with Gasteiger partial charge < -0.3 is 33.3 Å². The van der Waals surface area contributed by atoms with Crippen LogP contribution in [0.3, 0.4) is 0 Å². The molecular weight excluding hydrogens is 750 g/mol. The largest absolute Gasteiger partial charge is 0.506 e. The highest BCUT2D eigenvalue weighted by Crippen LogP contribution is 2.36. The van der Waals surface area contributed by atoms with Crippen LogP contribution in [0.5, 0.6) is 5.75 Å². The first kappa shape index (κ1) is 43.7. The average molecular weight is 811 g/mol. The van der Waals surface area contributed by atoms with E-state index in [0.717, 1.165) is 69.6 Å². The maximum atomic E-state index is 12.6. The van der Waals surface area contributed by atoms with E-state index in [1.165, 1.54) is 44.6 Å². The monoisotopic (exact) mass is 809 g/mol. The van der Waals surface area contributed by atoms with E-state index in [4.69, 9.17) is 28.2 Å². The third-order valence-electron chi connectivity index (χ3n) is 9.37. The maximum absolute atomic E-state index is 12.6. The lowest BCUT2D eigenvalue weighted by Crippen LogP contribution is -2.42. The van der Waals surface area contributed by atoms with Crippen LogP contribution in [0.2, 0.25) is 6.04 Å². The van der Waals surface area contributed by atoms with Crippen LogP contribution in [-0.2, 0) is 49.1 Å². The molecule has 15 heteroatoms. The van der Waals surface area contributed by atoms with E-state index in [1.807, 2.05) is 22.8 Å². The predicted octanol–water partition coefficient (Wildman–Crippen LogP) is 7.22. The number of carbonyl (C=O) groups is 1. The van der Waals surface area contributed by atoms with Crippen LogP contribution in [0.25, 0.3) is 11.0 Å². The number of rotatable bonds is 28. The molecule has 0 saturated heterocycles. The third-order valence-corrected chi connectivity index (χ3v) is 12.8. The van der Waals surface area contributed by atoms with Crippen molar-refractivity contribution in [1.29, 1.82) is 0 Å². The minimum atomic E-state index is -2.44. The molecule has 292 valence electrons. The first-order valence-electron chi connectivity index (χ1n) is 18.7. The topological polar surface area (TPSA) is 164 Å². The number of aromatic nitrogens is 3. The number of phenolic OH excluding ortho intramolecular Hbond substituents is 1. The summed E-state index contributed by atoms with van der Waals surface area (Å²) in [6, 6.07) is 3.88. The number of fused-ring (bicyclic) bond motifs is 1. The number of nitrogens with zero attached hydrogens (tertiary/aromatic N) is 4. The molecule has 52 heavy (non-hydrogen) atoms. The Balaban J connectivity index is 1.43. The molecule has 0 spiro atoms. The second-order valence-corrected chi connectivity index (χ2v) is 17.4. The lowest BCUT2D eigenvalue weighted by molar-refractivity contribution is -0.145. The summed E-state index contributed by atoms with van der Waals surface area (Å²) in [5.74, 6) is -0.329. The molecule has 0 amide bonds. The number of phenols is 1. The Kier molecular flexibility index (Phi) is 20.1. The van der Waals surface area contributed by atoms with Crippen molar-refractivity contribution in [2.24, 2.45) is 5.73 Å². The van der Waals surface area contributed by atoms with Gasteiger partial charge >= 0.3 is 20.4 Å². The summed E-state index contributed by atoms with van der Waals surface area (Å²) in [6.07, 6.45) is 17.6. The Labute approximate surface area is 318 Å². The van der Waals surface area contributed by atoms with E-state index in [0.29, 0.717) is 40.5 Å². The molecule has 3 N–H and O–H groups in total. The van der Waals surface area contributed by atoms with E-state index in [9.17, 15) is 14.7 Å². The van der Waals surface area contributed by atoms with E-state index in [2.05, 4.69) is 26.2 Å². The van der Waals surface area contributed by atoms with Gasteiger partial charge in [-0.2, -0.15) is 0 Å². The summed E-state index contributed by atoms with van der Waals surface area (Å²) >= 11 is 3.45. The molecule has 1 aromatic carbocycles. The fourth-order valence-electron chi connectivity index (χ4n) is 6.35. The van der Waals surface area contributed by atoms with Crippen LogP contribution in [-0.4, -0.2) is 74.7 Å². The molecule has 0 saturated carbocycles. The zero-order valence-electron chi connectivity index (χ0n) is 31.6. The molecule has 0 aliphatic carbocycles. The van der Waals surface area contributed by atoms with E-state index in [1.54, 1.807) is 27.4 Å². The van der Waals surface area contributed by atoms with Gasteiger partial charge in [0.2, 0.25) is 0 Å². The normalized spacial score (nSPS) is 12.0. The van der Waals surface area contributed by atoms with Crippen LogP contribution in [0.1, 0.15) is 113 Å². The second-order valence-electron chi connectivity index (χ2n) is 13.5. The quantitative estimate of drug-likeness (QED) is 0.0328. The highest BCUT2D eigenvalue weighted by molar-refractivity contribution is 9.10. The van der Waals surface area contributed by atoms with Gasteiger partial charge in [-0.15, -0.1) is 5.10 Å². The SMILES string of the molecule is CO[Si](CCCCCCCCCCCn1cc(CN(C)Cc2c(O)c(Br)cc3c(COC(=O)CCCCCCCN)cc(=O)oc23)nn1)(OC)OC. The van der Waals surface area contributed by atoms with E-state index in [-0.39, 0.29) is 30.5 Å². The van der Waals surface area contributed by atoms with Gasteiger partial charge in [0.15, 0.2) is 0 Å². The van der Waals surface area contributed by atoms with Crippen LogP contribution in [0, 0.1) is 0 Å². The fourth-order valence-corrected chi connectivity index (χ4v) is 8.62. The van der Waals surface area contributed by atoms with E-state index < -0.39 is 14.4 Å². The van der Waals surface area contributed by atoms with Crippen molar-refractivity contribution in [1.82, 2.24) is 19.9 Å². The van der Waals surface area contributed by atoms with Crippen molar-refractivity contribution in [3.05, 3.63) is 50.0 Å². The lowest BCUT2D eigenvalue weighted by Gasteiger charge is -2.24. The summed E-state index contributed by atoms with van der Waals surface area (Å²) < 4.78 is 29.9. The van der Waals surface area contributed by atoms with Gasteiger partial charge in [0.25, 0.3) is 0 Å². The molecule has 0 bridgehead atoms. The molecule has 0 aliphatic rings. The van der Waals surface area contributed by atoms with Gasteiger partial charge in [-0.3, -0.25) is 14.4 Å². The molecule has 0 aliphatic heterocycles. The van der Waals surface area contributed by atoms with Gasteiger partial charge in [-0.25, -0.2) is 4.79 Å². The highest BCUT2D eigenvalue weighted by atomic mass is 79.9. The summed E-state index contributed by atoms with van der Waals surface area (Å²) in [6.45, 7) is 2.19. The standard InChI is InChI=1S/C37H60BrN5O8Si/c1-42(25-30-26-43(41-40-30)21-17-13-8-6-5-7-9-14-18-22-52(47-2,48-3)49-4)27-32-36(46)33(38)24-31-29(23-35(45)51-37(31)32)28-50-34(44)19-15-11-10-12-16-20-39/h23-24,26,46H,5-22,25,27-28,39H2,1-4H3. The first-order chi connectivity index (χ1) is 25.1.